The molecule has 0 saturated carbocycles. The number of esters is 2. The summed E-state index contributed by atoms with van der Waals surface area (Å²) in [6.45, 7) is 3.77. The molecular formula is C52H96O12S. The molecule has 1 aliphatic rings. The summed E-state index contributed by atoms with van der Waals surface area (Å²) in [6.07, 6.45) is 39.2. The van der Waals surface area contributed by atoms with Crippen LogP contribution in [0.1, 0.15) is 239 Å². The minimum atomic E-state index is -4.60. The van der Waals surface area contributed by atoms with Crippen LogP contribution in [0.4, 0.5) is 0 Å². The average molecular weight is 945 g/mol. The molecule has 0 amide bonds. The van der Waals surface area contributed by atoms with Gasteiger partial charge in [-0.3, -0.25) is 14.1 Å². The van der Waals surface area contributed by atoms with Crippen LogP contribution in [0.5, 0.6) is 0 Å². The van der Waals surface area contributed by atoms with Crippen LogP contribution in [0.3, 0.4) is 0 Å². The van der Waals surface area contributed by atoms with Gasteiger partial charge in [0.1, 0.15) is 36.8 Å². The lowest BCUT2D eigenvalue weighted by Gasteiger charge is -2.40. The highest BCUT2D eigenvalue weighted by molar-refractivity contribution is 7.85. The second kappa shape index (κ2) is 42.2. The molecule has 0 radical (unpaired) electrons. The van der Waals surface area contributed by atoms with Crippen molar-refractivity contribution in [2.45, 2.75) is 275 Å². The molecule has 0 aromatic rings. The maximum Gasteiger partial charge on any atom is 0.306 e. The highest BCUT2D eigenvalue weighted by Gasteiger charge is 2.46. The van der Waals surface area contributed by atoms with E-state index in [0.29, 0.717) is 12.8 Å². The quantitative estimate of drug-likeness (QED) is 0.0196. The summed E-state index contributed by atoms with van der Waals surface area (Å²) in [5.74, 6) is -1.97. The Bertz CT molecular complexity index is 1290. The van der Waals surface area contributed by atoms with Crippen LogP contribution in [0.15, 0.2) is 24.3 Å². The van der Waals surface area contributed by atoms with E-state index < -0.39 is 71.2 Å². The van der Waals surface area contributed by atoms with Crippen molar-refractivity contribution in [1.29, 1.82) is 0 Å². The van der Waals surface area contributed by atoms with Crippen LogP contribution < -0.4 is 0 Å². The van der Waals surface area contributed by atoms with Crippen molar-refractivity contribution in [3.63, 3.8) is 0 Å². The van der Waals surface area contributed by atoms with Crippen LogP contribution >= 0.6 is 0 Å². The van der Waals surface area contributed by atoms with Gasteiger partial charge in [0.25, 0.3) is 10.1 Å². The number of unbranched alkanes of at least 4 members (excludes halogenated alkanes) is 29. The van der Waals surface area contributed by atoms with E-state index >= 15 is 0 Å². The third kappa shape index (κ3) is 36.8. The number of hydrogen-bond donors (Lipinski definition) is 4. The Labute approximate surface area is 396 Å². The maximum absolute atomic E-state index is 12.9. The Morgan fingerprint density at radius 1 is 0.523 bits per heavy atom. The highest BCUT2D eigenvalue weighted by Crippen LogP contribution is 2.24. The molecule has 0 spiro atoms. The summed E-state index contributed by atoms with van der Waals surface area (Å²) in [4.78, 5) is 25.5. The molecule has 0 aromatic carbocycles. The third-order valence-electron chi connectivity index (χ3n) is 12.3. The predicted octanol–water partition coefficient (Wildman–Crippen LogP) is 12.0. The van der Waals surface area contributed by atoms with Gasteiger partial charge in [0, 0.05) is 12.8 Å². The molecule has 1 rings (SSSR count). The molecule has 6 atom stereocenters. The van der Waals surface area contributed by atoms with Crippen LogP contribution in [0.2, 0.25) is 0 Å². The van der Waals surface area contributed by atoms with E-state index in [4.69, 9.17) is 18.9 Å². The van der Waals surface area contributed by atoms with Crippen LogP contribution in [-0.4, -0.2) is 96.0 Å². The Hall–Kier alpha value is -1.87. The fraction of sp³-hybridized carbons (Fsp3) is 0.885. The first-order chi connectivity index (χ1) is 31.5. The Morgan fingerprint density at radius 2 is 0.923 bits per heavy atom. The molecular weight excluding hydrogens is 849 g/mol. The van der Waals surface area contributed by atoms with E-state index in [9.17, 15) is 37.9 Å². The maximum atomic E-state index is 12.9. The van der Waals surface area contributed by atoms with E-state index in [0.717, 1.165) is 51.4 Å². The number of aliphatic hydroxyl groups excluding tert-OH is 3. The first-order valence-corrected chi connectivity index (χ1v) is 28.0. The van der Waals surface area contributed by atoms with E-state index in [1.54, 1.807) is 0 Å². The van der Waals surface area contributed by atoms with Gasteiger partial charge in [-0.15, -0.1) is 0 Å². The standard InChI is InChI=1S/C52H96O12S/c1-3-5-7-9-11-13-15-17-19-21-23-25-27-29-31-33-35-37-39-41-48(54)63-45(43-62-52-51(57)50(56)49(55)46(64-52)44-65(58,59)60)42-61-47(53)40-38-36-34-32-30-28-26-24-22-20-18-16-14-12-10-8-6-4-2/h11,13,17,19,45-46,49-52,55-57H,3-10,12,14-16,18,20-44H2,1-2H3,(H,58,59,60)/b13-11-,19-17-. The Kier molecular flexibility index (Phi) is 39.7. The molecule has 0 aliphatic carbocycles. The van der Waals surface area contributed by atoms with E-state index in [-0.39, 0.29) is 19.4 Å². The Morgan fingerprint density at radius 3 is 1.38 bits per heavy atom. The van der Waals surface area contributed by atoms with Gasteiger partial charge in [-0.25, -0.2) is 0 Å². The molecule has 65 heavy (non-hydrogen) atoms. The summed E-state index contributed by atoms with van der Waals surface area (Å²) in [6, 6.07) is 0. The third-order valence-corrected chi connectivity index (χ3v) is 13.0. The van der Waals surface area contributed by atoms with Crippen molar-refractivity contribution in [3.8, 4) is 0 Å². The molecule has 1 aliphatic heterocycles. The van der Waals surface area contributed by atoms with Gasteiger partial charge in [0.2, 0.25) is 0 Å². The van der Waals surface area contributed by atoms with Crippen molar-refractivity contribution < 1.29 is 56.8 Å². The van der Waals surface area contributed by atoms with Crippen molar-refractivity contribution in [1.82, 2.24) is 0 Å². The summed E-state index contributed by atoms with van der Waals surface area (Å²) in [5, 5.41) is 31.0. The van der Waals surface area contributed by atoms with Crippen molar-refractivity contribution >= 4 is 22.1 Å². The summed E-state index contributed by atoms with van der Waals surface area (Å²) >= 11 is 0. The lowest BCUT2D eigenvalue weighted by molar-refractivity contribution is -0.297. The molecule has 1 saturated heterocycles. The lowest BCUT2D eigenvalue weighted by atomic mass is 10.00. The monoisotopic (exact) mass is 945 g/mol. The van der Waals surface area contributed by atoms with Crippen LogP contribution in [0, 0.1) is 0 Å². The molecule has 6 unspecified atom stereocenters. The highest BCUT2D eigenvalue weighted by atomic mass is 32.2. The van der Waals surface area contributed by atoms with Gasteiger partial charge in [0.15, 0.2) is 12.4 Å². The van der Waals surface area contributed by atoms with Gasteiger partial charge in [0.05, 0.1) is 6.61 Å². The molecule has 1 fully saturated rings. The smallest absolute Gasteiger partial charge is 0.306 e. The fourth-order valence-electron chi connectivity index (χ4n) is 8.18. The Balaban J connectivity index is 2.36. The SMILES string of the molecule is CCCCC/C=C\C/C=C\CCCCCCCCCCCC(=O)OC(COC(=O)CCCCCCCCCCCCCCCCCCCC)COC1OC(CS(=O)(=O)O)C(O)C(O)C1O. The van der Waals surface area contributed by atoms with Gasteiger partial charge in [-0.05, 0) is 44.9 Å². The van der Waals surface area contributed by atoms with Crippen molar-refractivity contribution in [3.05, 3.63) is 24.3 Å². The number of allylic oxidation sites excluding steroid dienone is 4. The minimum Gasteiger partial charge on any atom is -0.462 e. The van der Waals surface area contributed by atoms with E-state index in [2.05, 4.69) is 38.2 Å². The normalized spacial score (nSPS) is 19.6. The van der Waals surface area contributed by atoms with Crippen LogP contribution in [-0.2, 0) is 38.7 Å². The number of ether oxygens (including phenoxy) is 4. The second-order valence-electron chi connectivity index (χ2n) is 18.5. The largest absolute Gasteiger partial charge is 0.462 e. The van der Waals surface area contributed by atoms with Gasteiger partial charge < -0.3 is 34.3 Å². The fourth-order valence-corrected chi connectivity index (χ4v) is 8.87. The summed E-state index contributed by atoms with van der Waals surface area (Å²) in [7, 11) is -4.60. The van der Waals surface area contributed by atoms with Gasteiger partial charge >= 0.3 is 11.9 Å². The molecule has 4 N–H and O–H groups in total. The second-order valence-corrected chi connectivity index (χ2v) is 20.0. The lowest BCUT2D eigenvalue weighted by Crippen LogP contribution is -2.60. The zero-order chi connectivity index (χ0) is 47.6. The predicted molar refractivity (Wildman–Crippen MR) is 261 cm³/mol. The zero-order valence-corrected chi connectivity index (χ0v) is 41.9. The molecule has 1 heterocycles. The molecule has 12 nitrogen and oxygen atoms in total. The summed E-state index contributed by atoms with van der Waals surface area (Å²) < 4.78 is 54.3. The minimum absolute atomic E-state index is 0.163. The van der Waals surface area contributed by atoms with Gasteiger partial charge in [-0.2, -0.15) is 8.42 Å². The number of hydrogen-bond acceptors (Lipinski definition) is 11. The summed E-state index contributed by atoms with van der Waals surface area (Å²) in [5.41, 5.74) is 0. The number of carbonyl (C=O) groups excluding carboxylic acids is 2. The first kappa shape index (κ1) is 61.1. The number of aliphatic hydroxyl groups is 3. The van der Waals surface area contributed by atoms with Crippen molar-refractivity contribution in [2.24, 2.45) is 0 Å². The molecule has 0 aromatic heterocycles. The van der Waals surface area contributed by atoms with Gasteiger partial charge in [-0.1, -0.05) is 205 Å². The molecule has 382 valence electrons. The number of carbonyl (C=O) groups is 2. The molecule has 13 heteroatoms. The topological polar surface area (TPSA) is 186 Å². The zero-order valence-electron chi connectivity index (χ0n) is 41.1. The van der Waals surface area contributed by atoms with E-state index in [1.165, 1.54) is 148 Å². The average Bonchev–Trinajstić information content (AvgIpc) is 3.27. The first-order valence-electron chi connectivity index (χ1n) is 26.4. The van der Waals surface area contributed by atoms with E-state index in [1.807, 2.05) is 0 Å². The van der Waals surface area contributed by atoms with Crippen molar-refractivity contribution in [2.75, 3.05) is 19.0 Å². The molecule has 0 bridgehead atoms. The van der Waals surface area contributed by atoms with Crippen LogP contribution in [0.25, 0.3) is 0 Å². The number of rotatable bonds is 45.